The average molecular weight is 787 g/mol. The van der Waals surface area contributed by atoms with Crippen LogP contribution in [-0.4, -0.2) is 43.4 Å². The summed E-state index contributed by atoms with van der Waals surface area (Å²) in [7, 11) is 0. The van der Waals surface area contributed by atoms with Gasteiger partial charge in [-0.2, -0.15) is 30.7 Å². The van der Waals surface area contributed by atoms with Crippen LogP contribution in [0.2, 0.25) is 0 Å². The molecule has 2 amide bonds. The van der Waals surface area contributed by atoms with Crippen molar-refractivity contribution in [1.29, 1.82) is 0 Å². The number of alkyl halides is 7. The van der Waals surface area contributed by atoms with Gasteiger partial charge >= 0.3 is 24.8 Å². The summed E-state index contributed by atoms with van der Waals surface area (Å²) in [6.07, 6.45) is -18.0. The predicted molar refractivity (Wildman–Crippen MR) is 186 cm³/mol. The third kappa shape index (κ3) is 8.77. The Kier molecular flexibility index (Phi) is 11.3. The molecule has 0 radical (unpaired) electrons. The average Bonchev–Trinajstić information content (AvgIpc) is 3.46. The SMILES string of the molecule is O=C(C[C@H](NC(=O)OCC1c2ccccc2-c2ccccc21)C(F)(F)F)N[C@](Cc1ccccc1)(c1ccc(F)cc1)c1cc(F)cc(OC(F)(F)C(F)F)c1. The minimum absolute atomic E-state index is 0.0682. The van der Waals surface area contributed by atoms with Crippen LogP contribution in [0.1, 0.15) is 40.2 Å². The van der Waals surface area contributed by atoms with E-state index in [1.54, 1.807) is 35.6 Å². The summed E-state index contributed by atoms with van der Waals surface area (Å²) in [6.45, 7) is -0.337. The van der Waals surface area contributed by atoms with Crippen molar-refractivity contribution in [3.8, 4) is 16.9 Å². The number of halogens is 9. The molecule has 6 rings (SSSR count). The van der Waals surface area contributed by atoms with Crippen LogP contribution in [0.15, 0.2) is 121 Å². The Hall–Kier alpha value is -5.99. The van der Waals surface area contributed by atoms with E-state index in [2.05, 4.69) is 10.1 Å². The molecule has 15 heteroatoms. The second kappa shape index (κ2) is 16.0. The summed E-state index contributed by atoms with van der Waals surface area (Å²) in [4.78, 5) is 26.7. The fourth-order valence-corrected chi connectivity index (χ4v) is 6.77. The lowest BCUT2D eigenvalue weighted by Crippen LogP contribution is -2.53. The molecule has 0 aliphatic heterocycles. The Labute approximate surface area is 314 Å². The molecule has 5 aromatic carbocycles. The normalized spacial score (nSPS) is 14.3. The van der Waals surface area contributed by atoms with Gasteiger partial charge in [-0.15, -0.1) is 0 Å². The highest BCUT2D eigenvalue weighted by Crippen LogP contribution is 2.45. The van der Waals surface area contributed by atoms with E-state index < -0.39 is 84.0 Å². The van der Waals surface area contributed by atoms with E-state index in [0.29, 0.717) is 17.7 Å². The highest BCUT2D eigenvalue weighted by atomic mass is 19.4. The number of alkyl carbamates (subject to hydrolysis) is 1. The van der Waals surface area contributed by atoms with E-state index in [1.165, 1.54) is 12.1 Å². The Bertz CT molecular complexity index is 2140. The van der Waals surface area contributed by atoms with Crippen molar-refractivity contribution in [2.45, 2.75) is 49.1 Å². The van der Waals surface area contributed by atoms with Crippen LogP contribution in [0.3, 0.4) is 0 Å². The monoisotopic (exact) mass is 786 g/mol. The van der Waals surface area contributed by atoms with E-state index in [-0.39, 0.29) is 12.2 Å². The van der Waals surface area contributed by atoms with Crippen molar-refractivity contribution in [1.82, 2.24) is 10.6 Å². The second-order valence-electron chi connectivity index (χ2n) is 13.0. The fraction of sp³-hybridized carbons (Fsp3) is 0.220. The number of nitrogens with one attached hydrogen (secondary N) is 2. The Morgan fingerprint density at radius 1 is 0.696 bits per heavy atom. The van der Waals surface area contributed by atoms with Crippen LogP contribution >= 0.6 is 0 Å². The molecule has 0 fully saturated rings. The molecule has 292 valence electrons. The molecule has 0 bridgehead atoms. The van der Waals surface area contributed by atoms with Gasteiger partial charge < -0.3 is 20.1 Å². The minimum atomic E-state index is -5.22. The number of hydrogen-bond donors (Lipinski definition) is 2. The number of ether oxygens (including phenoxy) is 2. The first-order chi connectivity index (χ1) is 26.6. The van der Waals surface area contributed by atoms with Gasteiger partial charge in [0.25, 0.3) is 0 Å². The van der Waals surface area contributed by atoms with Crippen LogP contribution in [0.5, 0.6) is 5.75 Å². The first kappa shape index (κ1) is 39.7. The van der Waals surface area contributed by atoms with Crippen molar-refractivity contribution in [3.05, 3.63) is 161 Å². The summed E-state index contributed by atoms with van der Waals surface area (Å²) >= 11 is 0. The minimum Gasteiger partial charge on any atom is -0.449 e. The molecule has 2 atom stereocenters. The molecule has 0 heterocycles. The molecular formula is C41H31F9N2O4. The van der Waals surface area contributed by atoms with Gasteiger partial charge in [0.1, 0.15) is 30.0 Å². The Balaban J connectivity index is 1.31. The molecule has 0 saturated carbocycles. The topological polar surface area (TPSA) is 76.7 Å². The van der Waals surface area contributed by atoms with E-state index in [9.17, 15) is 44.7 Å². The number of carbonyl (C=O) groups is 2. The van der Waals surface area contributed by atoms with E-state index in [4.69, 9.17) is 4.74 Å². The lowest BCUT2D eigenvalue weighted by molar-refractivity contribution is -0.253. The van der Waals surface area contributed by atoms with E-state index >= 15 is 4.39 Å². The van der Waals surface area contributed by atoms with Crippen LogP contribution in [0.4, 0.5) is 44.3 Å². The molecule has 0 unspecified atom stereocenters. The van der Waals surface area contributed by atoms with Crippen LogP contribution in [0, 0.1) is 11.6 Å². The zero-order valence-corrected chi connectivity index (χ0v) is 28.9. The number of amides is 2. The van der Waals surface area contributed by atoms with Crippen molar-refractivity contribution >= 4 is 12.0 Å². The molecular weight excluding hydrogens is 755 g/mol. The summed E-state index contributed by atoms with van der Waals surface area (Å²) < 4.78 is 136. The number of benzene rings is 5. The maximum atomic E-state index is 15.2. The second-order valence-corrected chi connectivity index (χ2v) is 13.0. The highest BCUT2D eigenvalue weighted by Gasteiger charge is 2.46. The van der Waals surface area contributed by atoms with Gasteiger partial charge in [-0.25, -0.2) is 13.6 Å². The van der Waals surface area contributed by atoms with Crippen LogP contribution in [0.25, 0.3) is 11.1 Å². The lowest BCUT2D eigenvalue weighted by Gasteiger charge is -2.37. The van der Waals surface area contributed by atoms with Crippen LogP contribution < -0.4 is 15.4 Å². The zero-order chi connectivity index (χ0) is 40.3. The smallest absolute Gasteiger partial charge is 0.449 e. The van der Waals surface area contributed by atoms with Gasteiger partial charge in [-0.1, -0.05) is 91.0 Å². The number of carbonyl (C=O) groups excluding carboxylic acids is 2. The first-order valence-electron chi connectivity index (χ1n) is 17.0. The quantitative estimate of drug-likeness (QED) is 0.117. The first-order valence-corrected chi connectivity index (χ1v) is 17.0. The van der Waals surface area contributed by atoms with E-state index in [1.807, 2.05) is 36.4 Å². The maximum absolute atomic E-state index is 15.2. The largest absolute Gasteiger partial charge is 0.461 e. The molecule has 6 nitrogen and oxygen atoms in total. The van der Waals surface area contributed by atoms with Crippen molar-refractivity contribution in [3.63, 3.8) is 0 Å². The number of fused-ring (bicyclic) bond motifs is 3. The van der Waals surface area contributed by atoms with E-state index in [0.717, 1.165) is 52.6 Å². The Morgan fingerprint density at radius 2 is 1.29 bits per heavy atom. The third-order valence-electron chi connectivity index (χ3n) is 9.29. The molecule has 0 aromatic heterocycles. The lowest BCUT2D eigenvalue weighted by atomic mass is 9.77. The molecule has 56 heavy (non-hydrogen) atoms. The zero-order valence-electron chi connectivity index (χ0n) is 28.9. The number of rotatable bonds is 13. The summed E-state index contributed by atoms with van der Waals surface area (Å²) in [6, 6.07) is 25.4. The summed E-state index contributed by atoms with van der Waals surface area (Å²) in [5.41, 5.74) is 1.04. The molecule has 1 aliphatic rings. The van der Waals surface area contributed by atoms with Gasteiger partial charge in [-0.05, 0) is 63.2 Å². The Morgan fingerprint density at radius 3 is 1.88 bits per heavy atom. The van der Waals surface area contributed by atoms with Crippen molar-refractivity contribution in [2.24, 2.45) is 0 Å². The van der Waals surface area contributed by atoms with Gasteiger partial charge in [0.2, 0.25) is 5.91 Å². The van der Waals surface area contributed by atoms with Gasteiger partial charge in [0, 0.05) is 18.4 Å². The molecule has 5 aromatic rings. The number of hydrogen-bond acceptors (Lipinski definition) is 4. The predicted octanol–water partition coefficient (Wildman–Crippen LogP) is 9.66. The molecule has 0 saturated heterocycles. The highest BCUT2D eigenvalue weighted by molar-refractivity contribution is 5.81. The maximum Gasteiger partial charge on any atom is 0.461 e. The molecule has 2 N–H and O–H groups in total. The fourth-order valence-electron chi connectivity index (χ4n) is 6.77. The summed E-state index contributed by atoms with van der Waals surface area (Å²) in [5.74, 6) is -5.07. The standard InChI is InChI=1S/C41H31F9N2O4/c42-27-16-14-25(15-17-27)39(22-24-8-2-1-3-9-24,26-18-28(43)20-29(19-26)56-41(49,50)37(44)45)52-36(53)21-35(40(46,47)48)51-38(54)55-23-34-32-12-6-4-10-30(32)31-11-5-7-13-33(31)34/h1-20,34-35,37H,21-23H2,(H,51,54)(H,52,53)/t35-,39+/m0/s1. The third-order valence-corrected chi connectivity index (χ3v) is 9.29. The molecule has 1 aliphatic carbocycles. The van der Waals surface area contributed by atoms with Gasteiger partial charge in [-0.3, -0.25) is 4.79 Å². The summed E-state index contributed by atoms with van der Waals surface area (Å²) in [5, 5.41) is 4.14. The van der Waals surface area contributed by atoms with Crippen molar-refractivity contribution in [2.75, 3.05) is 6.61 Å². The van der Waals surface area contributed by atoms with Crippen molar-refractivity contribution < 1.29 is 58.6 Å². The van der Waals surface area contributed by atoms with Gasteiger partial charge in [0.05, 0.1) is 12.0 Å². The van der Waals surface area contributed by atoms with Gasteiger partial charge in [0.15, 0.2) is 0 Å². The molecule has 0 spiro atoms. The van der Waals surface area contributed by atoms with Crippen LogP contribution in [-0.2, 0) is 21.5 Å².